The number of aromatic amines is 2. The zero-order valence-electron chi connectivity index (χ0n) is 4.64. The van der Waals surface area contributed by atoms with E-state index in [4.69, 9.17) is 5.11 Å². The molecule has 4 nitrogen and oxygen atoms in total. The van der Waals surface area contributed by atoms with Crippen LogP contribution in [0, 0.1) is 4.77 Å². The van der Waals surface area contributed by atoms with Crippen LogP contribution >= 0.6 is 12.2 Å². The van der Waals surface area contributed by atoms with Gasteiger partial charge < -0.3 is 10.1 Å². The first-order chi connectivity index (χ1) is 4.18. The first-order valence-corrected chi connectivity index (χ1v) is 2.62. The summed E-state index contributed by atoms with van der Waals surface area (Å²) in [5.41, 5.74) is -0.406. The quantitative estimate of drug-likeness (QED) is 0.454. The van der Waals surface area contributed by atoms with E-state index in [1.54, 1.807) is 0 Å². The maximum atomic E-state index is 10.4. The largest absolute Gasteiger partial charge is 1.00 e. The van der Waals surface area contributed by atoms with Gasteiger partial charge in [0.15, 0.2) is 10.7 Å². The Balaban J connectivity index is 0.000000810. The first-order valence-electron chi connectivity index (χ1n) is 2.21. The molecule has 0 spiro atoms. The van der Waals surface area contributed by atoms with Gasteiger partial charge in [-0.2, -0.15) is 0 Å². The van der Waals surface area contributed by atoms with Crippen molar-refractivity contribution in [3.05, 3.63) is 21.2 Å². The van der Waals surface area contributed by atoms with Gasteiger partial charge in [0.05, 0.1) is 6.07 Å². The van der Waals surface area contributed by atoms with Crippen LogP contribution in [0.4, 0.5) is 0 Å². The molecule has 0 amide bonds. The number of aromatic nitrogens is 2. The summed E-state index contributed by atoms with van der Waals surface area (Å²) in [4.78, 5) is 15.0. The molecule has 0 atom stereocenters. The molecule has 58 valence electrons. The normalized spacial score (nSPS) is 8.40. The maximum Gasteiger partial charge on any atom is 1.00 e. The Labute approximate surface area is 76.8 Å². The maximum absolute atomic E-state index is 10.4. The van der Waals surface area contributed by atoms with Gasteiger partial charge in [-0.05, 0) is 12.2 Å². The summed E-state index contributed by atoms with van der Waals surface area (Å²) < 4.78 is 0.125. The number of hydrogen-bond donors (Lipinski definition) is 3. The van der Waals surface area contributed by atoms with Gasteiger partial charge in [0.1, 0.15) is 0 Å². The standard InChI is InChI=1S/C4H4N2O2S.Ag/c7-2-1-3(8)6-4(9)5-2;/h1H,(H3,5,6,7,8,9);/q;+1. The third-order valence-corrected chi connectivity index (χ3v) is 0.950. The van der Waals surface area contributed by atoms with E-state index in [1.807, 2.05) is 0 Å². The topological polar surface area (TPSA) is 68.9 Å². The second-order valence-corrected chi connectivity index (χ2v) is 1.88. The molecule has 1 aromatic heterocycles. The summed E-state index contributed by atoms with van der Waals surface area (Å²) in [6.07, 6.45) is 0. The molecule has 0 aliphatic carbocycles. The predicted octanol–water partition coefficient (Wildman–Crippen LogP) is 0.136. The van der Waals surface area contributed by atoms with E-state index in [9.17, 15) is 4.79 Å². The zero-order chi connectivity index (χ0) is 6.85. The SMILES string of the molecule is O=c1cc(O)[nH]c(=S)[nH]1.[Ag+]. The molecule has 6 heteroatoms. The summed E-state index contributed by atoms with van der Waals surface area (Å²) in [5.74, 6) is -0.219. The molecule has 0 unspecified atom stereocenters. The van der Waals surface area contributed by atoms with Gasteiger partial charge in [-0.25, -0.2) is 0 Å². The number of nitrogens with one attached hydrogen (secondary N) is 2. The average molecular weight is 252 g/mol. The molecule has 1 rings (SSSR count). The van der Waals surface area contributed by atoms with Gasteiger partial charge in [-0.15, -0.1) is 0 Å². The molecule has 10 heavy (non-hydrogen) atoms. The Hall–Kier alpha value is -0.360. The molecule has 0 aliphatic rings. The van der Waals surface area contributed by atoms with E-state index in [-0.39, 0.29) is 33.0 Å². The van der Waals surface area contributed by atoms with Crippen molar-refractivity contribution in [3.8, 4) is 5.88 Å². The fourth-order valence-electron chi connectivity index (χ4n) is 0.456. The molecule has 0 saturated carbocycles. The van der Waals surface area contributed by atoms with E-state index >= 15 is 0 Å². The van der Waals surface area contributed by atoms with Gasteiger partial charge in [-0.1, -0.05) is 0 Å². The molecule has 0 fully saturated rings. The summed E-state index contributed by atoms with van der Waals surface area (Å²) in [6, 6.07) is 1.01. The second kappa shape index (κ2) is 3.72. The van der Waals surface area contributed by atoms with Crippen LogP contribution in [0.15, 0.2) is 10.9 Å². The Bertz CT molecular complexity index is 289. The number of H-pyrrole nitrogens is 2. The Morgan fingerprint density at radius 1 is 1.50 bits per heavy atom. The molecule has 0 bridgehead atoms. The van der Waals surface area contributed by atoms with Crippen LogP contribution in [-0.4, -0.2) is 15.1 Å². The number of hydrogen-bond acceptors (Lipinski definition) is 3. The monoisotopic (exact) mass is 251 g/mol. The Kier molecular flexibility index (Phi) is 3.59. The van der Waals surface area contributed by atoms with Crippen LogP contribution in [-0.2, 0) is 22.4 Å². The van der Waals surface area contributed by atoms with Crippen LogP contribution in [0.5, 0.6) is 5.88 Å². The van der Waals surface area contributed by atoms with E-state index in [0.717, 1.165) is 6.07 Å². The zero-order valence-corrected chi connectivity index (χ0v) is 6.94. The van der Waals surface area contributed by atoms with Gasteiger partial charge in [0, 0.05) is 0 Å². The van der Waals surface area contributed by atoms with Gasteiger partial charge >= 0.3 is 22.4 Å². The van der Waals surface area contributed by atoms with Crippen LogP contribution in [0.3, 0.4) is 0 Å². The van der Waals surface area contributed by atoms with Crippen molar-refractivity contribution in [1.29, 1.82) is 0 Å². The predicted molar refractivity (Wildman–Crippen MR) is 33.9 cm³/mol. The third kappa shape index (κ3) is 2.49. The minimum atomic E-state index is -0.406. The van der Waals surface area contributed by atoms with Gasteiger partial charge in [-0.3, -0.25) is 9.78 Å². The first kappa shape index (κ1) is 9.64. The van der Waals surface area contributed by atoms with Crippen molar-refractivity contribution in [2.24, 2.45) is 0 Å². The summed E-state index contributed by atoms with van der Waals surface area (Å²) in [5, 5.41) is 8.65. The summed E-state index contributed by atoms with van der Waals surface area (Å²) >= 11 is 4.52. The van der Waals surface area contributed by atoms with Crippen molar-refractivity contribution in [2.75, 3.05) is 0 Å². The number of aromatic hydroxyl groups is 1. The summed E-state index contributed by atoms with van der Waals surface area (Å²) in [7, 11) is 0. The molecule has 3 N–H and O–H groups in total. The molecule has 0 aliphatic heterocycles. The van der Waals surface area contributed by atoms with Gasteiger partial charge in [0.2, 0.25) is 0 Å². The molecule has 0 aromatic carbocycles. The number of rotatable bonds is 0. The molecular formula is C4H4AgN2O2S+. The minimum absolute atomic E-state index is 0. The fourth-order valence-corrected chi connectivity index (χ4v) is 0.661. The van der Waals surface area contributed by atoms with Gasteiger partial charge in [0.25, 0.3) is 5.56 Å². The fraction of sp³-hybridized carbons (Fsp3) is 0. The van der Waals surface area contributed by atoms with E-state index in [1.165, 1.54) is 0 Å². The Morgan fingerprint density at radius 2 is 2.10 bits per heavy atom. The second-order valence-electron chi connectivity index (χ2n) is 1.47. The minimum Gasteiger partial charge on any atom is -0.494 e. The van der Waals surface area contributed by atoms with Crippen molar-refractivity contribution in [3.63, 3.8) is 0 Å². The molecule has 0 saturated heterocycles. The third-order valence-electron chi connectivity index (χ3n) is 0.746. The Morgan fingerprint density at radius 3 is 2.50 bits per heavy atom. The van der Waals surface area contributed by atoms with Crippen molar-refractivity contribution < 1.29 is 27.5 Å². The van der Waals surface area contributed by atoms with Crippen LogP contribution in [0.25, 0.3) is 0 Å². The average Bonchev–Trinajstić information content (AvgIpc) is 1.59. The molecular weight excluding hydrogens is 248 g/mol. The molecule has 1 aromatic rings. The van der Waals surface area contributed by atoms with Crippen molar-refractivity contribution >= 4 is 12.2 Å². The van der Waals surface area contributed by atoms with Crippen LogP contribution in [0.2, 0.25) is 0 Å². The van der Waals surface area contributed by atoms with Crippen molar-refractivity contribution in [1.82, 2.24) is 9.97 Å². The van der Waals surface area contributed by atoms with E-state index < -0.39 is 5.56 Å². The van der Waals surface area contributed by atoms with E-state index in [2.05, 4.69) is 22.2 Å². The van der Waals surface area contributed by atoms with Crippen LogP contribution in [0.1, 0.15) is 0 Å². The van der Waals surface area contributed by atoms with Crippen molar-refractivity contribution in [2.45, 2.75) is 0 Å². The smallest absolute Gasteiger partial charge is 0.494 e. The van der Waals surface area contributed by atoms with Crippen LogP contribution < -0.4 is 5.56 Å². The van der Waals surface area contributed by atoms with E-state index in [0.29, 0.717) is 0 Å². The molecule has 0 radical (unpaired) electrons. The summed E-state index contributed by atoms with van der Waals surface area (Å²) in [6.45, 7) is 0. The molecule has 1 heterocycles.